The Morgan fingerprint density at radius 3 is 2.70 bits per heavy atom. The minimum absolute atomic E-state index is 0.0192. The summed E-state index contributed by atoms with van der Waals surface area (Å²) in [6, 6.07) is -0.166. The van der Waals surface area contributed by atoms with Gasteiger partial charge in [0.15, 0.2) is 0 Å². The standard InChI is InChI=1S/C15H26N2O3/c1-15(2)7-4-8-16-12(15)13(18)17-9-10-5-3-6-11(10)14(19)20/h10-12,16H,3-9H2,1-2H3,(H,17,18)(H,19,20). The molecule has 0 spiro atoms. The zero-order valence-electron chi connectivity index (χ0n) is 12.4. The number of rotatable bonds is 4. The molecule has 3 atom stereocenters. The van der Waals surface area contributed by atoms with E-state index in [2.05, 4.69) is 24.5 Å². The summed E-state index contributed by atoms with van der Waals surface area (Å²) in [5.41, 5.74) is -0.0375. The van der Waals surface area contributed by atoms with Gasteiger partial charge in [0.25, 0.3) is 0 Å². The summed E-state index contributed by atoms with van der Waals surface area (Å²) in [6.07, 6.45) is 4.73. The molecule has 5 heteroatoms. The zero-order chi connectivity index (χ0) is 14.8. The molecule has 2 aliphatic rings. The molecule has 3 unspecified atom stereocenters. The summed E-state index contributed by atoms with van der Waals surface area (Å²) >= 11 is 0. The molecule has 2 rings (SSSR count). The smallest absolute Gasteiger partial charge is 0.306 e. The van der Waals surface area contributed by atoms with Gasteiger partial charge in [0.05, 0.1) is 12.0 Å². The lowest BCUT2D eigenvalue weighted by atomic mass is 9.77. The number of hydrogen-bond acceptors (Lipinski definition) is 3. The first-order valence-corrected chi connectivity index (χ1v) is 7.66. The first-order chi connectivity index (χ1) is 9.42. The highest BCUT2D eigenvalue weighted by molar-refractivity contribution is 5.82. The Morgan fingerprint density at radius 2 is 2.05 bits per heavy atom. The van der Waals surface area contributed by atoms with Gasteiger partial charge in [-0.1, -0.05) is 20.3 Å². The van der Waals surface area contributed by atoms with E-state index in [0.717, 1.165) is 38.6 Å². The second-order valence-electron chi connectivity index (χ2n) is 6.86. The lowest BCUT2D eigenvalue weighted by Gasteiger charge is -2.38. The number of amides is 1. The van der Waals surface area contributed by atoms with E-state index < -0.39 is 5.97 Å². The van der Waals surface area contributed by atoms with Gasteiger partial charge >= 0.3 is 5.97 Å². The van der Waals surface area contributed by atoms with E-state index in [1.165, 1.54) is 0 Å². The average Bonchev–Trinajstić information content (AvgIpc) is 2.83. The number of carbonyl (C=O) groups is 2. The Morgan fingerprint density at radius 1 is 1.30 bits per heavy atom. The fourth-order valence-corrected chi connectivity index (χ4v) is 3.60. The Bertz CT molecular complexity index is 381. The van der Waals surface area contributed by atoms with Crippen LogP contribution in [-0.4, -0.2) is 36.1 Å². The van der Waals surface area contributed by atoms with E-state index >= 15 is 0 Å². The quantitative estimate of drug-likeness (QED) is 0.728. The lowest BCUT2D eigenvalue weighted by Crippen LogP contribution is -2.56. The minimum Gasteiger partial charge on any atom is -0.481 e. The van der Waals surface area contributed by atoms with Crippen LogP contribution in [0.15, 0.2) is 0 Å². The van der Waals surface area contributed by atoms with Crippen LogP contribution in [0.5, 0.6) is 0 Å². The number of carbonyl (C=O) groups excluding carboxylic acids is 1. The second-order valence-corrected chi connectivity index (χ2v) is 6.86. The van der Waals surface area contributed by atoms with E-state index in [9.17, 15) is 9.59 Å². The van der Waals surface area contributed by atoms with Crippen molar-refractivity contribution in [2.75, 3.05) is 13.1 Å². The molecule has 1 heterocycles. The molecule has 1 saturated carbocycles. The number of carboxylic acid groups (broad SMARTS) is 1. The molecule has 0 aromatic rings. The predicted octanol–water partition coefficient (Wildman–Crippen LogP) is 1.38. The van der Waals surface area contributed by atoms with Crippen LogP contribution < -0.4 is 10.6 Å². The highest BCUT2D eigenvalue weighted by atomic mass is 16.4. The third kappa shape index (κ3) is 3.32. The van der Waals surface area contributed by atoms with Crippen molar-refractivity contribution >= 4 is 11.9 Å². The maximum Gasteiger partial charge on any atom is 0.306 e. The van der Waals surface area contributed by atoms with Crippen molar-refractivity contribution in [2.45, 2.75) is 52.0 Å². The summed E-state index contributed by atoms with van der Waals surface area (Å²) in [6.45, 7) is 5.59. The van der Waals surface area contributed by atoms with E-state index in [4.69, 9.17) is 5.11 Å². The van der Waals surface area contributed by atoms with Crippen molar-refractivity contribution in [3.8, 4) is 0 Å². The monoisotopic (exact) mass is 282 g/mol. The normalized spacial score (nSPS) is 32.8. The molecule has 1 aliphatic heterocycles. The Labute approximate surface area is 120 Å². The highest BCUT2D eigenvalue weighted by Gasteiger charge is 2.38. The van der Waals surface area contributed by atoms with Crippen LogP contribution in [0.4, 0.5) is 0 Å². The molecule has 1 amide bonds. The highest BCUT2D eigenvalue weighted by Crippen LogP contribution is 2.32. The van der Waals surface area contributed by atoms with Crippen molar-refractivity contribution in [1.29, 1.82) is 0 Å². The number of aliphatic carboxylic acids is 1. The largest absolute Gasteiger partial charge is 0.481 e. The third-order valence-electron chi connectivity index (χ3n) is 4.90. The van der Waals surface area contributed by atoms with Gasteiger partial charge in [0.2, 0.25) is 5.91 Å². The molecule has 0 radical (unpaired) electrons. The molecule has 0 aromatic carbocycles. The second kappa shape index (κ2) is 6.12. The summed E-state index contributed by atoms with van der Waals surface area (Å²) in [5.74, 6) is -0.908. The van der Waals surface area contributed by atoms with Gasteiger partial charge in [-0.05, 0) is 43.6 Å². The Balaban J connectivity index is 1.87. The molecule has 2 fully saturated rings. The van der Waals surface area contributed by atoms with Crippen molar-refractivity contribution in [2.24, 2.45) is 17.3 Å². The Kier molecular flexibility index (Phi) is 4.68. The maximum atomic E-state index is 12.3. The van der Waals surface area contributed by atoms with Crippen LogP contribution in [0.25, 0.3) is 0 Å². The molecule has 5 nitrogen and oxygen atoms in total. The fourth-order valence-electron chi connectivity index (χ4n) is 3.60. The van der Waals surface area contributed by atoms with Crippen molar-refractivity contribution in [3.05, 3.63) is 0 Å². The Hall–Kier alpha value is -1.10. The topological polar surface area (TPSA) is 78.4 Å². The summed E-state index contributed by atoms with van der Waals surface area (Å²) in [7, 11) is 0. The van der Waals surface area contributed by atoms with E-state index in [1.807, 2.05) is 0 Å². The molecule has 3 N–H and O–H groups in total. The van der Waals surface area contributed by atoms with Gasteiger partial charge < -0.3 is 15.7 Å². The SMILES string of the molecule is CC1(C)CCCNC1C(=O)NCC1CCCC1C(=O)O. The molecule has 0 aromatic heterocycles. The van der Waals surface area contributed by atoms with Crippen LogP contribution in [0.1, 0.15) is 46.0 Å². The fraction of sp³-hybridized carbons (Fsp3) is 0.867. The van der Waals surface area contributed by atoms with E-state index in [0.29, 0.717) is 6.54 Å². The minimum atomic E-state index is -0.724. The number of nitrogens with one attached hydrogen (secondary N) is 2. The van der Waals surface area contributed by atoms with Gasteiger partial charge in [-0.3, -0.25) is 9.59 Å². The van der Waals surface area contributed by atoms with Gasteiger partial charge in [0, 0.05) is 6.54 Å². The third-order valence-corrected chi connectivity index (χ3v) is 4.90. The van der Waals surface area contributed by atoms with Gasteiger partial charge in [0.1, 0.15) is 0 Å². The predicted molar refractivity (Wildman–Crippen MR) is 76.3 cm³/mol. The van der Waals surface area contributed by atoms with Crippen LogP contribution in [0.2, 0.25) is 0 Å². The zero-order valence-corrected chi connectivity index (χ0v) is 12.4. The van der Waals surface area contributed by atoms with Crippen molar-refractivity contribution < 1.29 is 14.7 Å². The summed E-state index contributed by atoms with van der Waals surface area (Å²) in [5, 5.41) is 15.4. The molecular weight excluding hydrogens is 256 g/mol. The number of hydrogen-bond donors (Lipinski definition) is 3. The van der Waals surface area contributed by atoms with Gasteiger partial charge in [-0.25, -0.2) is 0 Å². The van der Waals surface area contributed by atoms with Crippen molar-refractivity contribution in [3.63, 3.8) is 0 Å². The van der Waals surface area contributed by atoms with Crippen molar-refractivity contribution in [1.82, 2.24) is 10.6 Å². The van der Waals surface area contributed by atoms with Crippen LogP contribution in [0.3, 0.4) is 0 Å². The molecule has 1 aliphatic carbocycles. The average molecular weight is 282 g/mol. The van der Waals surface area contributed by atoms with Crippen LogP contribution >= 0.6 is 0 Å². The number of piperidine rings is 1. The van der Waals surface area contributed by atoms with Crippen LogP contribution in [-0.2, 0) is 9.59 Å². The summed E-state index contributed by atoms with van der Waals surface area (Å²) < 4.78 is 0. The van der Waals surface area contributed by atoms with Gasteiger partial charge in [-0.15, -0.1) is 0 Å². The van der Waals surface area contributed by atoms with Crippen LogP contribution in [0, 0.1) is 17.3 Å². The molecule has 0 bridgehead atoms. The molecular formula is C15H26N2O3. The maximum absolute atomic E-state index is 12.3. The van der Waals surface area contributed by atoms with Gasteiger partial charge in [-0.2, -0.15) is 0 Å². The van der Waals surface area contributed by atoms with E-state index in [-0.39, 0.29) is 29.2 Å². The summed E-state index contributed by atoms with van der Waals surface area (Å²) in [4.78, 5) is 23.5. The molecule has 20 heavy (non-hydrogen) atoms. The van der Waals surface area contributed by atoms with E-state index in [1.54, 1.807) is 0 Å². The molecule has 114 valence electrons. The lowest BCUT2D eigenvalue weighted by molar-refractivity contribution is -0.143. The number of carboxylic acids is 1. The first kappa shape index (κ1) is 15.3. The first-order valence-electron chi connectivity index (χ1n) is 7.66. The molecule has 1 saturated heterocycles.